The van der Waals surface area contributed by atoms with Crippen LogP contribution in [-0.2, 0) is 5.41 Å². The van der Waals surface area contributed by atoms with Gasteiger partial charge >= 0.3 is 0 Å². The first-order chi connectivity index (χ1) is 18.1. The molecule has 2 aliphatic rings. The van der Waals surface area contributed by atoms with E-state index in [1.165, 1.54) is 11.6 Å². The largest absolute Gasteiger partial charge is 0.309 e. The molecular formula is C31H31FN4O. The van der Waals surface area contributed by atoms with E-state index in [4.69, 9.17) is 0 Å². The van der Waals surface area contributed by atoms with Crippen molar-refractivity contribution in [1.82, 2.24) is 9.97 Å². The fourth-order valence-electron chi connectivity index (χ4n) is 5.02. The number of hydrogen-bond acceptors (Lipinski definition) is 5. The summed E-state index contributed by atoms with van der Waals surface area (Å²) in [7, 11) is 0. The van der Waals surface area contributed by atoms with Crippen LogP contribution in [0, 0.1) is 5.82 Å². The molecule has 1 fully saturated rings. The highest BCUT2D eigenvalue weighted by Gasteiger charge is 2.52. The van der Waals surface area contributed by atoms with Gasteiger partial charge < -0.3 is 4.90 Å². The first-order valence-corrected chi connectivity index (χ1v) is 12.9. The molecule has 6 heteroatoms. The Bertz CT molecular complexity index is 1370. The monoisotopic (exact) mass is 494 g/mol. The van der Waals surface area contributed by atoms with E-state index >= 15 is 0 Å². The van der Waals surface area contributed by atoms with Crippen LogP contribution in [0.25, 0.3) is 11.1 Å². The summed E-state index contributed by atoms with van der Waals surface area (Å²) in [5.74, 6) is 0.306. The van der Waals surface area contributed by atoms with E-state index in [1.54, 1.807) is 42.9 Å². The number of fused-ring (bicyclic) bond motifs is 2. The minimum atomic E-state index is -0.299. The zero-order valence-electron chi connectivity index (χ0n) is 21.2. The van der Waals surface area contributed by atoms with Crippen molar-refractivity contribution in [1.29, 1.82) is 0 Å². The molecule has 3 aromatic rings. The van der Waals surface area contributed by atoms with Gasteiger partial charge in [-0.05, 0) is 49.0 Å². The Kier molecular flexibility index (Phi) is 7.08. The third-order valence-corrected chi connectivity index (χ3v) is 7.19. The summed E-state index contributed by atoms with van der Waals surface area (Å²) < 4.78 is 14.2. The van der Waals surface area contributed by atoms with Crippen molar-refractivity contribution in [3.63, 3.8) is 0 Å². The standard InChI is InChI=1S/C31H31FN4O/c1-3-5-8-22(13-17-33-16-4-2)29(37)23-11-12-26-28(18-23)36(21-31(26)14-15-31)30-34-19-24(20-35-30)25-9-6-7-10-27(25)32/h4,6-12,16,18-20H,2-3,5,13-15,17,21H2,1H3/b22-8+,33-16-. The Morgan fingerprint density at radius 1 is 1.19 bits per heavy atom. The summed E-state index contributed by atoms with van der Waals surface area (Å²) in [4.78, 5) is 29.2. The van der Waals surface area contributed by atoms with Gasteiger partial charge in [-0.15, -0.1) is 0 Å². The molecule has 5 rings (SSSR count). The zero-order chi connectivity index (χ0) is 25.8. The smallest absolute Gasteiger partial charge is 0.229 e. The number of allylic oxidation sites excluding steroid dienone is 2. The molecular weight excluding hydrogens is 463 g/mol. The van der Waals surface area contributed by atoms with Gasteiger partial charge in [0.05, 0.1) is 0 Å². The van der Waals surface area contributed by atoms with Gasteiger partial charge in [0.25, 0.3) is 0 Å². The number of halogens is 1. The van der Waals surface area contributed by atoms with Crippen molar-refractivity contribution in [3.8, 4) is 11.1 Å². The molecule has 1 spiro atoms. The molecule has 0 saturated heterocycles. The van der Waals surface area contributed by atoms with Crippen LogP contribution in [0.1, 0.15) is 54.9 Å². The number of hydrogen-bond donors (Lipinski definition) is 0. The Labute approximate surface area is 217 Å². The molecule has 0 radical (unpaired) electrons. The fraction of sp³-hybridized carbons (Fsp3) is 0.290. The van der Waals surface area contributed by atoms with Crippen LogP contribution in [-0.4, -0.2) is 35.1 Å². The number of aromatic nitrogens is 2. The minimum Gasteiger partial charge on any atom is -0.309 e. The number of benzene rings is 2. The van der Waals surface area contributed by atoms with Gasteiger partial charge in [-0.2, -0.15) is 0 Å². The van der Waals surface area contributed by atoms with Gasteiger partial charge in [0.15, 0.2) is 5.78 Å². The second-order valence-electron chi connectivity index (χ2n) is 9.74. The zero-order valence-corrected chi connectivity index (χ0v) is 21.2. The van der Waals surface area contributed by atoms with Crippen LogP contribution >= 0.6 is 0 Å². The Balaban J connectivity index is 1.44. The lowest BCUT2D eigenvalue weighted by atomic mass is 9.94. The summed E-state index contributed by atoms with van der Waals surface area (Å²) in [5.41, 5.74) is 4.91. The van der Waals surface area contributed by atoms with Crippen molar-refractivity contribution >= 4 is 23.6 Å². The average Bonchev–Trinajstić information content (AvgIpc) is 3.64. The van der Waals surface area contributed by atoms with Crippen LogP contribution < -0.4 is 4.90 Å². The Morgan fingerprint density at radius 3 is 2.68 bits per heavy atom. The lowest BCUT2D eigenvalue weighted by Gasteiger charge is -2.18. The van der Waals surface area contributed by atoms with E-state index in [2.05, 4.69) is 39.4 Å². The number of Topliss-reactive ketones (excluding diaryl/α,β-unsaturated/α-hetero) is 1. The number of aliphatic imine (C=N–C) groups is 1. The number of nitrogens with zero attached hydrogens (tertiary/aromatic N) is 4. The first kappa shape index (κ1) is 24.8. The van der Waals surface area contributed by atoms with Crippen molar-refractivity contribution in [2.45, 2.75) is 44.4 Å². The predicted octanol–water partition coefficient (Wildman–Crippen LogP) is 7.02. The third-order valence-electron chi connectivity index (χ3n) is 7.19. The molecule has 2 aromatic carbocycles. The highest BCUT2D eigenvalue weighted by atomic mass is 19.1. The maximum absolute atomic E-state index is 14.2. The lowest BCUT2D eigenvalue weighted by Crippen LogP contribution is -2.21. The van der Waals surface area contributed by atoms with Crippen molar-refractivity contribution in [3.05, 3.63) is 96.1 Å². The fourth-order valence-corrected chi connectivity index (χ4v) is 5.02. The topological polar surface area (TPSA) is 58.5 Å². The predicted molar refractivity (Wildman–Crippen MR) is 147 cm³/mol. The van der Waals surface area contributed by atoms with E-state index in [1.807, 2.05) is 18.2 Å². The van der Waals surface area contributed by atoms with Gasteiger partial charge in [-0.1, -0.05) is 62.4 Å². The van der Waals surface area contributed by atoms with Crippen LogP contribution in [0.15, 0.2) is 84.2 Å². The maximum Gasteiger partial charge on any atom is 0.229 e. The molecule has 1 aliphatic carbocycles. The molecule has 1 saturated carbocycles. The number of ketones is 1. The van der Waals surface area contributed by atoms with Crippen LogP contribution in [0.5, 0.6) is 0 Å². The van der Waals surface area contributed by atoms with Crippen LogP contribution in [0.4, 0.5) is 16.0 Å². The number of carbonyl (C=O) groups excluding carboxylic acids is 1. The third kappa shape index (κ3) is 5.01. The second kappa shape index (κ2) is 10.6. The summed E-state index contributed by atoms with van der Waals surface area (Å²) >= 11 is 0. The highest BCUT2D eigenvalue weighted by Crippen LogP contribution is 2.57. The molecule has 0 N–H and O–H groups in total. The maximum atomic E-state index is 14.2. The van der Waals surface area contributed by atoms with E-state index in [9.17, 15) is 9.18 Å². The quantitative estimate of drug-likeness (QED) is 0.173. The van der Waals surface area contributed by atoms with Crippen molar-refractivity contribution in [2.24, 2.45) is 4.99 Å². The summed E-state index contributed by atoms with van der Waals surface area (Å²) in [6.45, 7) is 7.10. The number of carbonyl (C=O) groups is 1. The van der Waals surface area contributed by atoms with Gasteiger partial charge in [0, 0.05) is 59.5 Å². The molecule has 5 nitrogen and oxygen atoms in total. The van der Waals surface area contributed by atoms with E-state index in [0.717, 1.165) is 43.5 Å². The molecule has 0 bridgehead atoms. The second-order valence-corrected chi connectivity index (χ2v) is 9.74. The summed E-state index contributed by atoms with van der Waals surface area (Å²) in [6.07, 6.45) is 13.3. The molecule has 1 aromatic heterocycles. The van der Waals surface area contributed by atoms with Gasteiger partial charge in [-0.3, -0.25) is 9.79 Å². The summed E-state index contributed by atoms with van der Waals surface area (Å²) in [6, 6.07) is 12.7. The number of rotatable bonds is 10. The first-order valence-electron chi connectivity index (χ1n) is 12.9. The van der Waals surface area contributed by atoms with Gasteiger partial charge in [-0.25, -0.2) is 14.4 Å². The van der Waals surface area contributed by atoms with Gasteiger partial charge in [0.1, 0.15) is 5.82 Å². The highest BCUT2D eigenvalue weighted by molar-refractivity contribution is 6.09. The van der Waals surface area contributed by atoms with Crippen molar-refractivity contribution in [2.75, 3.05) is 18.0 Å². The summed E-state index contributed by atoms with van der Waals surface area (Å²) in [5, 5.41) is 0. The molecule has 0 amide bonds. The minimum absolute atomic E-state index is 0.0394. The van der Waals surface area contributed by atoms with Crippen LogP contribution in [0.3, 0.4) is 0 Å². The molecule has 0 atom stereocenters. The Morgan fingerprint density at radius 2 is 1.97 bits per heavy atom. The average molecular weight is 495 g/mol. The molecule has 2 heterocycles. The SMILES string of the molecule is C=C/C=N\CC/C(=C\CCC)C(=O)c1ccc2c(c1)N(c1ncc(-c3ccccc3F)cn1)CC21CC1. The van der Waals surface area contributed by atoms with Gasteiger partial charge in [0.2, 0.25) is 5.95 Å². The molecule has 1 aliphatic heterocycles. The molecule has 0 unspecified atom stereocenters. The van der Waals surface area contributed by atoms with Crippen LogP contribution in [0.2, 0.25) is 0 Å². The Hall–Kier alpha value is -3.93. The lowest BCUT2D eigenvalue weighted by molar-refractivity contribution is 0.103. The van der Waals surface area contributed by atoms with E-state index in [-0.39, 0.29) is 17.0 Å². The van der Waals surface area contributed by atoms with Crippen molar-refractivity contribution < 1.29 is 9.18 Å². The molecule has 188 valence electrons. The molecule has 37 heavy (non-hydrogen) atoms. The number of anilines is 2. The number of unbranched alkanes of at least 4 members (excludes halogenated alkanes) is 1. The normalized spacial score (nSPS) is 15.8. The van der Waals surface area contributed by atoms with E-state index < -0.39 is 0 Å². The van der Waals surface area contributed by atoms with E-state index in [0.29, 0.717) is 35.6 Å².